The third-order valence-electron chi connectivity index (χ3n) is 2.63. The van der Waals surface area contributed by atoms with Crippen LogP contribution in [-0.2, 0) is 9.59 Å². The van der Waals surface area contributed by atoms with E-state index in [0.717, 1.165) is 0 Å². The van der Waals surface area contributed by atoms with Crippen LogP contribution >= 0.6 is 11.8 Å². The fourth-order valence-electron chi connectivity index (χ4n) is 1.63. The zero-order valence-corrected chi connectivity index (χ0v) is 12.1. The molecule has 0 aliphatic heterocycles. The third kappa shape index (κ3) is 5.61. The summed E-state index contributed by atoms with van der Waals surface area (Å²) < 4.78 is 13.3. The summed E-state index contributed by atoms with van der Waals surface area (Å²) in [5.41, 5.74) is 0. The van der Waals surface area contributed by atoms with E-state index in [1.54, 1.807) is 18.2 Å². The van der Waals surface area contributed by atoms with Gasteiger partial charge in [0.25, 0.3) is 0 Å². The van der Waals surface area contributed by atoms with Crippen LogP contribution in [0.2, 0.25) is 0 Å². The van der Waals surface area contributed by atoms with Crippen LogP contribution in [-0.4, -0.2) is 28.8 Å². The predicted octanol–water partition coefficient (Wildman–Crippen LogP) is 2.68. The van der Waals surface area contributed by atoms with E-state index >= 15 is 0 Å². The van der Waals surface area contributed by atoms with Crippen LogP contribution in [0.4, 0.5) is 4.39 Å². The number of carboxylic acids is 1. The highest BCUT2D eigenvalue weighted by atomic mass is 32.2. The molecule has 1 aromatic rings. The first-order valence-electron chi connectivity index (χ1n) is 6.44. The summed E-state index contributed by atoms with van der Waals surface area (Å²) in [6.45, 7) is 1.86. The van der Waals surface area contributed by atoms with Gasteiger partial charge in [-0.2, -0.15) is 0 Å². The molecular weight excluding hydrogens is 281 g/mol. The zero-order chi connectivity index (χ0) is 15.0. The number of thioether (sulfide) groups is 1. The molecule has 1 aromatic carbocycles. The number of hydrogen-bond acceptors (Lipinski definition) is 3. The van der Waals surface area contributed by atoms with Gasteiger partial charge in [0, 0.05) is 17.1 Å². The van der Waals surface area contributed by atoms with Crippen molar-refractivity contribution in [3.8, 4) is 0 Å². The molecule has 20 heavy (non-hydrogen) atoms. The van der Waals surface area contributed by atoms with E-state index in [0.29, 0.717) is 23.5 Å². The first-order chi connectivity index (χ1) is 9.54. The van der Waals surface area contributed by atoms with Gasteiger partial charge in [-0.3, -0.25) is 4.79 Å². The molecule has 0 saturated carbocycles. The van der Waals surface area contributed by atoms with Crippen molar-refractivity contribution in [3.63, 3.8) is 0 Å². The lowest BCUT2D eigenvalue weighted by atomic mass is 10.1. The number of nitrogens with one attached hydrogen (secondary N) is 1. The number of amides is 1. The summed E-state index contributed by atoms with van der Waals surface area (Å²) in [6, 6.07) is 5.51. The average Bonchev–Trinajstić information content (AvgIpc) is 2.40. The number of rotatable bonds is 8. The van der Waals surface area contributed by atoms with E-state index < -0.39 is 12.0 Å². The van der Waals surface area contributed by atoms with Gasteiger partial charge in [0.05, 0.1) is 0 Å². The summed E-state index contributed by atoms with van der Waals surface area (Å²) in [7, 11) is 0. The molecule has 0 aliphatic rings. The molecule has 4 nitrogen and oxygen atoms in total. The summed E-state index contributed by atoms with van der Waals surface area (Å²) >= 11 is 1.24. The van der Waals surface area contributed by atoms with Crippen LogP contribution in [0.3, 0.4) is 0 Å². The summed E-state index contributed by atoms with van der Waals surface area (Å²) in [4.78, 5) is 23.0. The lowest BCUT2D eigenvalue weighted by molar-refractivity contribution is -0.142. The number of carbonyl (C=O) groups is 2. The molecule has 6 heteroatoms. The highest BCUT2D eigenvalue weighted by Crippen LogP contribution is 2.21. The van der Waals surface area contributed by atoms with Crippen LogP contribution in [0.1, 0.15) is 26.2 Å². The van der Waals surface area contributed by atoms with Gasteiger partial charge in [0.15, 0.2) is 0 Å². The van der Waals surface area contributed by atoms with Crippen molar-refractivity contribution in [1.29, 1.82) is 0 Å². The van der Waals surface area contributed by atoms with Crippen LogP contribution < -0.4 is 5.32 Å². The minimum absolute atomic E-state index is 0.159. The van der Waals surface area contributed by atoms with Crippen molar-refractivity contribution in [1.82, 2.24) is 5.32 Å². The Hall–Kier alpha value is -1.56. The second-order valence-corrected chi connectivity index (χ2v) is 5.41. The minimum Gasteiger partial charge on any atom is -0.480 e. The van der Waals surface area contributed by atoms with Crippen molar-refractivity contribution in [2.24, 2.45) is 0 Å². The highest BCUT2D eigenvalue weighted by molar-refractivity contribution is 7.99. The van der Waals surface area contributed by atoms with Gasteiger partial charge in [-0.15, -0.1) is 11.8 Å². The Morgan fingerprint density at radius 2 is 2.10 bits per heavy atom. The average molecular weight is 299 g/mol. The van der Waals surface area contributed by atoms with Crippen molar-refractivity contribution >= 4 is 23.6 Å². The Morgan fingerprint density at radius 3 is 2.70 bits per heavy atom. The SMILES string of the molecule is CCCC(NC(=O)CCSc1ccccc1F)C(=O)O. The van der Waals surface area contributed by atoms with E-state index in [1.165, 1.54) is 17.8 Å². The smallest absolute Gasteiger partial charge is 0.326 e. The summed E-state index contributed by atoms with van der Waals surface area (Å²) in [6.07, 6.45) is 1.25. The Balaban J connectivity index is 2.36. The number of carboxylic acid groups (broad SMARTS) is 1. The fourth-order valence-corrected chi connectivity index (χ4v) is 2.52. The van der Waals surface area contributed by atoms with Crippen molar-refractivity contribution in [2.75, 3.05) is 5.75 Å². The van der Waals surface area contributed by atoms with Crippen LogP contribution in [0.15, 0.2) is 29.2 Å². The van der Waals surface area contributed by atoms with Crippen LogP contribution in [0.25, 0.3) is 0 Å². The first-order valence-corrected chi connectivity index (χ1v) is 7.42. The van der Waals surface area contributed by atoms with E-state index in [4.69, 9.17) is 5.11 Å². The van der Waals surface area contributed by atoms with Crippen LogP contribution in [0.5, 0.6) is 0 Å². The zero-order valence-electron chi connectivity index (χ0n) is 11.3. The van der Waals surface area contributed by atoms with E-state index in [-0.39, 0.29) is 18.1 Å². The summed E-state index contributed by atoms with van der Waals surface area (Å²) in [5.74, 6) is -1.26. The molecule has 0 heterocycles. The number of hydrogen-bond donors (Lipinski definition) is 2. The molecule has 1 atom stereocenters. The maximum absolute atomic E-state index is 13.3. The Labute approximate surface area is 121 Å². The molecular formula is C14H18FNO3S. The largest absolute Gasteiger partial charge is 0.480 e. The van der Waals surface area contributed by atoms with Gasteiger partial charge < -0.3 is 10.4 Å². The molecule has 0 aliphatic carbocycles. The normalized spacial score (nSPS) is 11.9. The molecule has 110 valence electrons. The molecule has 2 N–H and O–H groups in total. The number of benzene rings is 1. The molecule has 1 unspecified atom stereocenters. The van der Waals surface area contributed by atoms with Gasteiger partial charge in [0.1, 0.15) is 11.9 Å². The van der Waals surface area contributed by atoms with Crippen LogP contribution in [0, 0.1) is 5.82 Å². The minimum atomic E-state index is -1.03. The van der Waals surface area contributed by atoms with Crippen molar-refractivity contribution < 1.29 is 19.1 Å². The second kappa shape index (κ2) is 8.58. The van der Waals surface area contributed by atoms with Gasteiger partial charge in [-0.25, -0.2) is 9.18 Å². The Kier molecular flexibility index (Phi) is 7.08. The molecule has 0 fully saturated rings. The van der Waals surface area contributed by atoms with Gasteiger partial charge >= 0.3 is 5.97 Å². The molecule has 0 saturated heterocycles. The maximum atomic E-state index is 13.3. The van der Waals surface area contributed by atoms with Crippen molar-refractivity contribution in [2.45, 2.75) is 37.1 Å². The molecule has 0 aromatic heterocycles. The molecule has 1 rings (SSSR count). The Morgan fingerprint density at radius 1 is 1.40 bits per heavy atom. The van der Waals surface area contributed by atoms with Gasteiger partial charge in [0.2, 0.25) is 5.91 Å². The highest BCUT2D eigenvalue weighted by Gasteiger charge is 2.18. The first kappa shape index (κ1) is 16.5. The number of halogens is 1. The Bertz CT molecular complexity index is 467. The lowest BCUT2D eigenvalue weighted by Crippen LogP contribution is -2.40. The maximum Gasteiger partial charge on any atom is 0.326 e. The molecule has 0 spiro atoms. The fraction of sp³-hybridized carbons (Fsp3) is 0.429. The standard InChI is InChI=1S/C14H18FNO3S/c1-2-5-11(14(18)19)16-13(17)8-9-20-12-7-4-3-6-10(12)15/h3-4,6-7,11H,2,5,8-9H2,1H3,(H,16,17)(H,18,19). The molecule has 0 radical (unpaired) electrons. The molecule has 1 amide bonds. The topological polar surface area (TPSA) is 66.4 Å². The van der Waals surface area contributed by atoms with Gasteiger partial charge in [-0.1, -0.05) is 25.5 Å². The summed E-state index contributed by atoms with van der Waals surface area (Å²) in [5, 5.41) is 11.4. The number of aliphatic carboxylic acids is 1. The van der Waals surface area contributed by atoms with E-state index in [2.05, 4.69) is 5.32 Å². The lowest BCUT2D eigenvalue weighted by Gasteiger charge is -2.13. The monoisotopic (exact) mass is 299 g/mol. The van der Waals surface area contributed by atoms with Gasteiger partial charge in [-0.05, 0) is 18.6 Å². The third-order valence-corrected chi connectivity index (χ3v) is 3.68. The van der Waals surface area contributed by atoms with E-state index in [1.807, 2.05) is 6.92 Å². The predicted molar refractivity (Wildman–Crippen MR) is 76.2 cm³/mol. The second-order valence-electron chi connectivity index (χ2n) is 4.28. The van der Waals surface area contributed by atoms with Crippen molar-refractivity contribution in [3.05, 3.63) is 30.1 Å². The molecule has 0 bridgehead atoms. The van der Waals surface area contributed by atoms with E-state index in [9.17, 15) is 14.0 Å². The quantitative estimate of drug-likeness (QED) is 0.724. The number of carbonyl (C=O) groups excluding carboxylic acids is 1.